The minimum Gasteiger partial charge on any atom is -0.497 e. The predicted molar refractivity (Wildman–Crippen MR) is 142 cm³/mol. The molecule has 33 heavy (non-hydrogen) atoms. The highest BCUT2D eigenvalue weighted by Crippen LogP contribution is 2.20. The number of hydrogen-bond acceptors (Lipinski definition) is 6. The zero-order valence-electron chi connectivity index (χ0n) is 20.1. The number of benzene rings is 1. The molecule has 0 bridgehead atoms. The number of guanidine groups is 1. The highest BCUT2D eigenvalue weighted by molar-refractivity contribution is 14.0. The summed E-state index contributed by atoms with van der Waals surface area (Å²) in [6.07, 6.45) is 2.33. The van der Waals surface area contributed by atoms with Gasteiger partial charge in [0.25, 0.3) is 0 Å². The number of rotatable bonds is 10. The second-order valence-electron chi connectivity index (χ2n) is 7.93. The first kappa shape index (κ1) is 27.3. The van der Waals surface area contributed by atoms with Gasteiger partial charge in [-0.2, -0.15) is 5.10 Å². The van der Waals surface area contributed by atoms with E-state index in [1.807, 2.05) is 24.3 Å². The molecule has 1 unspecified atom stereocenters. The normalized spacial score (nSPS) is 15.7. The number of H-pyrrole nitrogens is 1. The average molecular weight is 572 g/mol. The Morgan fingerprint density at radius 3 is 2.48 bits per heavy atom. The molecule has 0 aliphatic carbocycles. The van der Waals surface area contributed by atoms with Gasteiger partial charge in [0.2, 0.25) is 0 Å². The largest absolute Gasteiger partial charge is 0.497 e. The quantitative estimate of drug-likeness (QED) is 0.229. The molecule has 3 N–H and O–H groups in total. The van der Waals surface area contributed by atoms with Gasteiger partial charge in [-0.15, -0.1) is 24.0 Å². The second-order valence-corrected chi connectivity index (χ2v) is 7.93. The molecular formula is C23H38IN7O2. The van der Waals surface area contributed by atoms with E-state index in [2.05, 4.69) is 49.6 Å². The molecule has 1 aliphatic heterocycles. The van der Waals surface area contributed by atoms with E-state index in [1.165, 1.54) is 12.8 Å². The molecule has 2 heterocycles. The van der Waals surface area contributed by atoms with Crippen LogP contribution in [0.25, 0.3) is 11.4 Å². The first-order valence-electron chi connectivity index (χ1n) is 11.5. The van der Waals surface area contributed by atoms with Crippen molar-refractivity contribution in [3.63, 3.8) is 0 Å². The number of aromatic nitrogens is 3. The molecule has 9 nitrogen and oxygen atoms in total. The Morgan fingerprint density at radius 1 is 1.18 bits per heavy atom. The van der Waals surface area contributed by atoms with Gasteiger partial charge < -0.3 is 20.1 Å². The van der Waals surface area contributed by atoms with Gasteiger partial charge in [-0.05, 0) is 30.2 Å². The molecule has 0 radical (unpaired) electrons. The minimum absolute atomic E-state index is 0. The van der Waals surface area contributed by atoms with E-state index in [-0.39, 0.29) is 24.0 Å². The summed E-state index contributed by atoms with van der Waals surface area (Å²) < 4.78 is 10.8. The zero-order chi connectivity index (χ0) is 22.8. The first-order valence-corrected chi connectivity index (χ1v) is 11.5. The third-order valence-electron chi connectivity index (χ3n) is 6.11. The number of nitrogens with one attached hydrogen (secondary N) is 3. The van der Waals surface area contributed by atoms with Crippen LogP contribution in [0.15, 0.2) is 29.3 Å². The van der Waals surface area contributed by atoms with Crippen molar-refractivity contribution < 1.29 is 9.47 Å². The number of aromatic amines is 1. The molecule has 10 heteroatoms. The Morgan fingerprint density at radius 2 is 1.88 bits per heavy atom. The van der Waals surface area contributed by atoms with Gasteiger partial charge in [0, 0.05) is 38.3 Å². The number of nitrogens with zero attached hydrogens (tertiary/aromatic N) is 4. The van der Waals surface area contributed by atoms with E-state index in [0.29, 0.717) is 24.3 Å². The lowest BCUT2D eigenvalue weighted by atomic mass is 9.92. The van der Waals surface area contributed by atoms with Crippen molar-refractivity contribution in [1.29, 1.82) is 0 Å². The maximum Gasteiger partial charge on any atom is 0.191 e. The number of hydrogen-bond donors (Lipinski definition) is 3. The Hall–Kier alpha value is -1.92. The SMILES string of the molecule is CCC(CC)C(CNC(=NC)NCc1nc(-c2ccc(OC)cc2)n[nH]1)N1CCOCC1.I. The van der Waals surface area contributed by atoms with E-state index >= 15 is 0 Å². The zero-order valence-corrected chi connectivity index (χ0v) is 22.5. The van der Waals surface area contributed by atoms with Crippen LogP contribution in [-0.2, 0) is 11.3 Å². The third kappa shape index (κ3) is 7.82. The summed E-state index contributed by atoms with van der Waals surface area (Å²) in [7, 11) is 3.44. The van der Waals surface area contributed by atoms with Crippen molar-refractivity contribution in [2.45, 2.75) is 39.3 Å². The van der Waals surface area contributed by atoms with Crippen LogP contribution in [0.4, 0.5) is 0 Å². The van der Waals surface area contributed by atoms with Gasteiger partial charge in [-0.1, -0.05) is 26.7 Å². The van der Waals surface area contributed by atoms with Crippen molar-refractivity contribution in [1.82, 2.24) is 30.7 Å². The Balaban J connectivity index is 0.00000385. The van der Waals surface area contributed by atoms with Crippen LogP contribution in [0.1, 0.15) is 32.5 Å². The van der Waals surface area contributed by atoms with Crippen molar-refractivity contribution in [3.8, 4) is 17.1 Å². The molecular weight excluding hydrogens is 533 g/mol. The van der Waals surface area contributed by atoms with Crippen LogP contribution in [0.2, 0.25) is 0 Å². The molecule has 184 valence electrons. The van der Waals surface area contributed by atoms with Crippen LogP contribution >= 0.6 is 24.0 Å². The van der Waals surface area contributed by atoms with E-state index < -0.39 is 0 Å². The van der Waals surface area contributed by atoms with Gasteiger partial charge in [0.05, 0.1) is 26.9 Å². The molecule has 1 atom stereocenters. The van der Waals surface area contributed by atoms with E-state index in [4.69, 9.17) is 9.47 Å². The van der Waals surface area contributed by atoms with Gasteiger partial charge in [0.1, 0.15) is 11.6 Å². The highest BCUT2D eigenvalue weighted by atomic mass is 127. The Bertz CT molecular complexity index is 834. The van der Waals surface area contributed by atoms with Crippen molar-refractivity contribution in [2.24, 2.45) is 10.9 Å². The topological polar surface area (TPSA) is 99.7 Å². The summed E-state index contributed by atoms with van der Waals surface area (Å²) in [4.78, 5) is 11.5. The number of morpholine rings is 1. The first-order chi connectivity index (χ1) is 15.7. The van der Waals surface area contributed by atoms with E-state index in [1.54, 1.807) is 14.2 Å². The fourth-order valence-corrected chi connectivity index (χ4v) is 4.17. The summed E-state index contributed by atoms with van der Waals surface area (Å²) in [5.74, 6) is 3.62. The summed E-state index contributed by atoms with van der Waals surface area (Å²) >= 11 is 0. The number of halogens is 1. The summed E-state index contributed by atoms with van der Waals surface area (Å²) in [6, 6.07) is 8.16. The summed E-state index contributed by atoms with van der Waals surface area (Å²) in [6.45, 7) is 9.51. The fourth-order valence-electron chi connectivity index (χ4n) is 4.17. The van der Waals surface area contributed by atoms with Crippen LogP contribution in [-0.4, -0.2) is 79.1 Å². The van der Waals surface area contributed by atoms with Crippen molar-refractivity contribution in [3.05, 3.63) is 30.1 Å². The molecule has 1 saturated heterocycles. The molecule has 1 aromatic heterocycles. The lowest BCUT2D eigenvalue weighted by Crippen LogP contribution is -2.53. The van der Waals surface area contributed by atoms with Crippen LogP contribution in [0.5, 0.6) is 5.75 Å². The number of aliphatic imine (C=N–C) groups is 1. The summed E-state index contributed by atoms with van der Waals surface area (Å²) in [5, 5.41) is 14.2. The molecule has 0 saturated carbocycles. The van der Waals surface area contributed by atoms with Gasteiger partial charge in [0.15, 0.2) is 11.8 Å². The second kappa shape index (κ2) is 14.4. The van der Waals surface area contributed by atoms with Crippen LogP contribution in [0, 0.1) is 5.92 Å². The lowest BCUT2D eigenvalue weighted by Gasteiger charge is -2.39. The molecule has 0 spiro atoms. The monoisotopic (exact) mass is 571 g/mol. The van der Waals surface area contributed by atoms with E-state index in [9.17, 15) is 0 Å². The molecule has 1 aromatic carbocycles. The van der Waals surface area contributed by atoms with Gasteiger partial charge in [-0.3, -0.25) is 15.0 Å². The van der Waals surface area contributed by atoms with Gasteiger partial charge in [-0.25, -0.2) is 4.98 Å². The molecule has 2 aromatic rings. The van der Waals surface area contributed by atoms with E-state index in [0.717, 1.165) is 55.9 Å². The summed E-state index contributed by atoms with van der Waals surface area (Å²) in [5.41, 5.74) is 0.939. The van der Waals surface area contributed by atoms with Crippen LogP contribution in [0.3, 0.4) is 0 Å². The predicted octanol–water partition coefficient (Wildman–Crippen LogP) is 2.90. The standard InChI is InChI=1S/C23H37N7O2.HI/c1-5-17(6-2)20(30-11-13-32-14-12-30)15-25-23(24-3)26-16-21-27-22(29-28-21)18-7-9-19(31-4)10-8-18;/h7-10,17,20H,5-6,11-16H2,1-4H3,(H2,24,25,26)(H,27,28,29);1H. The maximum atomic E-state index is 5.56. The highest BCUT2D eigenvalue weighted by Gasteiger charge is 2.27. The lowest BCUT2D eigenvalue weighted by molar-refractivity contribution is 0.00272. The molecule has 1 fully saturated rings. The minimum atomic E-state index is 0. The number of ether oxygens (including phenoxy) is 2. The average Bonchev–Trinajstić information content (AvgIpc) is 3.33. The van der Waals surface area contributed by atoms with Gasteiger partial charge >= 0.3 is 0 Å². The Labute approximate surface area is 214 Å². The molecule has 1 aliphatic rings. The molecule has 3 rings (SSSR count). The third-order valence-corrected chi connectivity index (χ3v) is 6.11. The van der Waals surface area contributed by atoms with Crippen molar-refractivity contribution >= 4 is 29.9 Å². The Kier molecular flexibility index (Phi) is 11.9. The fraction of sp³-hybridized carbons (Fsp3) is 0.609. The van der Waals surface area contributed by atoms with Crippen LogP contribution < -0.4 is 15.4 Å². The smallest absolute Gasteiger partial charge is 0.191 e. The molecule has 0 amide bonds. The van der Waals surface area contributed by atoms with Crippen molar-refractivity contribution in [2.75, 3.05) is 47.0 Å². The number of methoxy groups -OCH3 is 1. The maximum absolute atomic E-state index is 5.56.